The van der Waals surface area contributed by atoms with Crippen LogP contribution >= 0.6 is 0 Å². The lowest BCUT2D eigenvalue weighted by atomic mass is 10.0. The van der Waals surface area contributed by atoms with Crippen LogP contribution in [0.3, 0.4) is 0 Å². The minimum absolute atomic E-state index is 0.0675. The quantitative estimate of drug-likeness (QED) is 0.379. The number of ether oxygens (including phenoxy) is 1. The predicted octanol–water partition coefficient (Wildman–Crippen LogP) is 4.52. The molecule has 2 bridgehead atoms. The molecule has 4 heterocycles. The van der Waals surface area contributed by atoms with E-state index in [-0.39, 0.29) is 11.9 Å². The number of hydroxylamine groups is 1. The number of carbonyl (C=O) groups is 1. The number of hydrogen-bond acceptors (Lipinski definition) is 9. The fraction of sp³-hybridized carbons (Fsp3) is 0.367. The Kier molecular flexibility index (Phi) is 7.27. The van der Waals surface area contributed by atoms with Gasteiger partial charge >= 0.3 is 0 Å². The molecular formula is C30H35N7O3. The number of anilines is 5. The summed E-state index contributed by atoms with van der Waals surface area (Å²) in [6.45, 7) is 9.45. The second kappa shape index (κ2) is 11.1. The second-order valence-electron chi connectivity index (χ2n) is 10.3. The third kappa shape index (κ3) is 4.96. The maximum absolute atomic E-state index is 12.4. The van der Waals surface area contributed by atoms with Gasteiger partial charge in [0.1, 0.15) is 17.9 Å². The molecule has 3 aliphatic heterocycles. The zero-order chi connectivity index (χ0) is 27.6. The average Bonchev–Trinajstić information content (AvgIpc) is 3.74. The van der Waals surface area contributed by atoms with E-state index in [4.69, 9.17) is 9.57 Å². The molecule has 0 radical (unpaired) electrons. The number of nitrogens with one attached hydrogen (secondary N) is 2. The fourth-order valence-electron chi connectivity index (χ4n) is 6.14. The minimum atomic E-state index is -0.264. The molecule has 2 aromatic carbocycles. The summed E-state index contributed by atoms with van der Waals surface area (Å²) in [4.78, 5) is 32.2. The van der Waals surface area contributed by atoms with Crippen LogP contribution in [0.5, 0.6) is 5.75 Å². The summed E-state index contributed by atoms with van der Waals surface area (Å²) in [5.41, 5.74) is 3.49. The molecule has 3 aliphatic rings. The van der Waals surface area contributed by atoms with Gasteiger partial charge in [0.2, 0.25) is 5.91 Å². The van der Waals surface area contributed by atoms with Crippen molar-refractivity contribution >= 4 is 34.6 Å². The zero-order valence-electron chi connectivity index (χ0n) is 22.9. The molecule has 40 heavy (non-hydrogen) atoms. The summed E-state index contributed by atoms with van der Waals surface area (Å²) in [7, 11) is 1.65. The minimum Gasteiger partial charge on any atom is -0.494 e. The molecule has 3 saturated heterocycles. The van der Waals surface area contributed by atoms with Crippen molar-refractivity contribution in [3.05, 3.63) is 73.1 Å². The monoisotopic (exact) mass is 541 g/mol. The van der Waals surface area contributed by atoms with E-state index in [1.807, 2.05) is 41.5 Å². The number of aromatic nitrogens is 2. The summed E-state index contributed by atoms with van der Waals surface area (Å²) in [5, 5.41) is 8.24. The molecule has 3 fully saturated rings. The normalized spacial score (nSPS) is 22.0. The topological polar surface area (TPSA) is 95.1 Å². The van der Waals surface area contributed by atoms with Crippen LogP contribution in [0.15, 0.2) is 67.5 Å². The number of likely N-dealkylation sites (tertiary alicyclic amines) is 1. The lowest BCUT2D eigenvalue weighted by Gasteiger charge is -2.36. The van der Waals surface area contributed by atoms with Gasteiger partial charge in [-0.3, -0.25) is 14.5 Å². The van der Waals surface area contributed by atoms with Crippen molar-refractivity contribution in [3.8, 4) is 5.75 Å². The Morgan fingerprint density at radius 1 is 1.15 bits per heavy atom. The SMILES string of the molecule is C=CC(=O)Nc1cc(Nc2cc(N3OCC[C@@H]3c3ccccc3)ncn2)c(OC)cc1N1C[C@@H]2C[C@H]1CN2CC. The van der Waals surface area contributed by atoms with Crippen molar-refractivity contribution in [1.29, 1.82) is 0 Å². The van der Waals surface area contributed by atoms with Crippen molar-refractivity contribution in [2.24, 2.45) is 0 Å². The Balaban J connectivity index is 1.29. The number of hydrogen-bond donors (Lipinski definition) is 2. The third-order valence-corrected chi connectivity index (χ3v) is 8.06. The lowest BCUT2D eigenvalue weighted by molar-refractivity contribution is -0.111. The van der Waals surface area contributed by atoms with Gasteiger partial charge in [0, 0.05) is 43.7 Å². The zero-order valence-corrected chi connectivity index (χ0v) is 22.9. The van der Waals surface area contributed by atoms with Crippen molar-refractivity contribution in [3.63, 3.8) is 0 Å². The number of methoxy groups -OCH3 is 1. The van der Waals surface area contributed by atoms with Crippen molar-refractivity contribution in [1.82, 2.24) is 14.9 Å². The van der Waals surface area contributed by atoms with Gasteiger partial charge in [-0.25, -0.2) is 15.0 Å². The van der Waals surface area contributed by atoms with Gasteiger partial charge in [0.25, 0.3) is 0 Å². The molecule has 3 aromatic rings. The van der Waals surface area contributed by atoms with E-state index in [9.17, 15) is 4.79 Å². The van der Waals surface area contributed by atoms with Gasteiger partial charge in [-0.15, -0.1) is 0 Å². The second-order valence-corrected chi connectivity index (χ2v) is 10.3. The number of fused-ring (bicyclic) bond motifs is 2. The highest BCUT2D eigenvalue weighted by atomic mass is 16.7. The van der Waals surface area contributed by atoms with E-state index in [2.05, 4.69) is 56.0 Å². The summed E-state index contributed by atoms with van der Waals surface area (Å²) >= 11 is 0. The number of carbonyl (C=O) groups excluding carboxylic acids is 1. The molecule has 6 rings (SSSR count). The van der Waals surface area contributed by atoms with Gasteiger partial charge < -0.3 is 20.3 Å². The van der Waals surface area contributed by atoms with E-state index < -0.39 is 0 Å². The fourth-order valence-corrected chi connectivity index (χ4v) is 6.14. The maximum atomic E-state index is 12.4. The first-order chi connectivity index (χ1) is 19.6. The smallest absolute Gasteiger partial charge is 0.247 e. The Bertz CT molecular complexity index is 1380. The molecule has 1 amide bonds. The van der Waals surface area contributed by atoms with Crippen LogP contribution in [0, 0.1) is 0 Å². The highest BCUT2D eigenvalue weighted by molar-refractivity contribution is 6.02. The summed E-state index contributed by atoms with van der Waals surface area (Å²) < 4.78 is 5.82. The lowest BCUT2D eigenvalue weighted by Crippen LogP contribution is -2.46. The molecule has 3 atom stereocenters. The first-order valence-corrected chi connectivity index (χ1v) is 13.8. The third-order valence-electron chi connectivity index (χ3n) is 8.06. The number of rotatable bonds is 9. The first kappa shape index (κ1) is 26.1. The highest BCUT2D eigenvalue weighted by Crippen LogP contribution is 2.43. The van der Waals surface area contributed by atoms with E-state index in [0.29, 0.717) is 47.5 Å². The van der Waals surface area contributed by atoms with Crippen molar-refractivity contribution in [2.75, 3.05) is 53.9 Å². The van der Waals surface area contributed by atoms with Crippen LogP contribution in [0.25, 0.3) is 0 Å². The van der Waals surface area contributed by atoms with Crippen LogP contribution in [0.4, 0.5) is 28.7 Å². The molecule has 0 spiro atoms. The van der Waals surface area contributed by atoms with Crippen LogP contribution in [-0.4, -0.2) is 66.2 Å². The molecular weight excluding hydrogens is 506 g/mol. The van der Waals surface area contributed by atoms with E-state index in [1.165, 1.54) is 18.0 Å². The Morgan fingerprint density at radius 3 is 2.73 bits per heavy atom. The van der Waals surface area contributed by atoms with Gasteiger partial charge in [-0.2, -0.15) is 0 Å². The van der Waals surface area contributed by atoms with Gasteiger partial charge in [0.05, 0.1) is 36.8 Å². The molecule has 10 nitrogen and oxygen atoms in total. The Morgan fingerprint density at radius 2 is 2.00 bits per heavy atom. The number of likely N-dealkylation sites (N-methyl/N-ethyl adjacent to an activating group) is 1. The molecule has 0 saturated carbocycles. The molecule has 0 aliphatic carbocycles. The number of nitrogens with zero attached hydrogens (tertiary/aromatic N) is 5. The van der Waals surface area contributed by atoms with Crippen molar-refractivity contribution < 1.29 is 14.4 Å². The van der Waals surface area contributed by atoms with Gasteiger partial charge in [-0.1, -0.05) is 43.8 Å². The highest BCUT2D eigenvalue weighted by Gasteiger charge is 2.43. The first-order valence-electron chi connectivity index (χ1n) is 13.8. The number of piperazine rings is 1. The molecule has 10 heteroatoms. The average molecular weight is 542 g/mol. The Hall–Kier alpha value is -4.15. The summed E-state index contributed by atoms with van der Waals surface area (Å²) in [6, 6.07) is 17.0. The van der Waals surface area contributed by atoms with Crippen LogP contribution in [0.2, 0.25) is 0 Å². The number of amides is 1. The van der Waals surface area contributed by atoms with Crippen LogP contribution in [0.1, 0.15) is 31.4 Å². The van der Waals surface area contributed by atoms with E-state index >= 15 is 0 Å². The van der Waals surface area contributed by atoms with E-state index in [1.54, 1.807) is 7.11 Å². The predicted molar refractivity (Wildman–Crippen MR) is 156 cm³/mol. The molecule has 0 unspecified atom stereocenters. The summed E-state index contributed by atoms with van der Waals surface area (Å²) in [6.07, 6.45) is 4.79. The number of benzene rings is 2. The van der Waals surface area contributed by atoms with Crippen LogP contribution in [-0.2, 0) is 9.63 Å². The summed E-state index contributed by atoms with van der Waals surface area (Å²) in [5.74, 6) is 1.63. The maximum Gasteiger partial charge on any atom is 0.247 e. The largest absolute Gasteiger partial charge is 0.494 e. The Labute approximate surface area is 234 Å². The van der Waals surface area contributed by atoms with Gasteiger partial charge in [0.15, 0.2) is 5.82 Å². The molecule has 1 aromatic heterocycles. The van der Waals surface area contributed by atoms with Crippen LogP contribution < -0.4 is 25.3 Å². The molecule has 208 valence electrons. The molecule has 2 N–H and O–H groups in total. The van der Waals surface area contributed by atoms with E-state index in [0.717, 1.165) is 38.2 Å². The standard InChI is InChI=1S/C30H35N7O3/c1-4-30(38)34-23-14-24(27(39-3)15-26(23)36-18-21-13-22(36)17-35(21)5-2)33-28-16-29(32-19-31-28)37-25(11-12-40-37)20-9-7-6-8-10-20/h4,6-10,14-16,19,21-22,25H,1,5,11-13,17-18H2,2-3H3,(H,34,38)(H,31,32,33)/t21-,22-,25+/m0/s1. The van der Waals surface area contributed by atoms with Crippen molar-refractivity contribution in [2.45, 2.75) is 37.9 Å². The van der Waals surface area contributed by atoms with Gasteiger partial charge in [-0.05, 0) is 30.7 Å².